The molecule has 1 aromatic carbocycles. The molecular formula is C17H14N2OS2. The minimum atomic E-state index is -0.0902. The highest BCUT2D eigenvalue weighted by atomic mass is 32.2. The summed E-state index contributed by atoms with van der Waals surface area (Å²) in [4.78, 5) is 19.1. The van der Waals surface area contributed by atoms with Crippen LogP contribution >= 0.6 is 24.0 Å². The molecule has 3 rings (SSSR count). The van der Waals surface area contributed by atoms with Crippen LogP contribution in [-0.4, -0.2) is 15.2 Å². The summed E-state index contributed by atoms with van der Waals surface area (Å²) < 4.78 is 0.555. The average Bonchev–Trinajstić information content (AvgIpc) is 2.75. The van der Waals surface area contributed by atoms with Crippen molar-refractivity contribution in [2.24, 2.45) is 0 Å². The van der Waals surface area contributed by atoms with E-state index in [1.54, 1.807) is 17.2 Å². The maximum Gasteiger partial charge on any atom is 0.270 e. The van der Waals surface area contributed by atoms with Gasteiger partial charge in [0.2, 0.25) is 0 Å². The lowest BCUT2D eigenvalue weighted by Gasteiger charge is -2.17. The second kappa shape index (κ2) is 6.02. The number of nitrogens with zero attached hydrogens (tertiary/aromatic N) is 2. The lowest BCUT2D eigenvalue weighted by atomic mass is 10.1. The largest absolute Gasteiger partial charge is 0.270 e. The summed E-state index contributed by atoms with van der Waals surface area (Å²) in [6, 6.07) is 11.6. The summed E-state index contributed by atoms with van der Waals surface area (Å²) in [6.07, 6.45) is 3.49. The Hall–Kier alpha value is -1.98. The van der Waals surface area contributed by atoms with Gasteiger partial charge in [-0.25, -0.2) is 0 Å². The summed E-state index contributed by atoms with van der Waals surface area (Å²) in [6.45, 7) is 4.02. The van der Waals surface area contributed by atoms with Crippen molar-refractivity contribution in [3.05, 3.63) is 64.3 Å². The van der Waals surface area contributed by atoms with Crippen molar-refractivity contribution in [1.82, 2.24) is 4.98 Å². The maximum atomic E-state index is 12.7. The molecule has 1 amide bonds. The fraction of sp³-hybridized carbons (Fsp3) is 0.118. The Balaban J connectivity index is 1.97. The van der Waals surface area contributed by atoms with Gasteiger partial charge < -0.3 is 0 Å². The predicted octanol–water partition coefficient (Wildman–Crippen LogP) is 4.10. The number of benzene rings is 1. The number of thiocarbonyl (C=S) groups is 1. The third-order valence-corrected chi connectivity index (χ3v) is 4.66. The molecule has 1 aromatic heterocycles. The van der Waals surface area contributed by atoms with Crippen LogP contribution < -0.4 is 4.90 Å². The van der Waals surface area contributed by atoms with E-state index in [2.05, 4.69) is 11.1 Å². The van der Waals surface area contributed by atoms with Gasteiger partial charge in [0.25, 0.3) is 5.91 Å². The Kier molecular flexibility index (Phi) is 4.09. The van der Waals surface area contributed by atoms with Gasteiger partial charge in [0.15, 0.2) is 4.32 Å². The van der Waals surface area contributed by atoms with E-state index in [9.17, 15) is 4.79 Å². The molecule has 0 bridgehead atoms. The van der Waals surface area contributed by atoms with Gasteiger partial charge >= 0.3 is 0 Å². The van der Waals surface area contributed by atoms with Gasteiger partial charge in [0.1, 0.15) is 0 Å². The van der Waals surface area contributed by atoms with E-state index >= 15 is 0 Å². The normalized spacial score (nSPS) is 16.6. The predicted molar refractivity (Wildman–Crippen MR) is 95.8 cm³/mol. The number of hydrogen-bond donors (Lipinski definition) is 0. The zero-order chi connectivity index (χ0) is 15.7. The van der Waals surface area contributed by atoms with E-state index in [0.29, 0.717) is 9.23 Å². The number of pyridine rings is 1. The van der Waals surface area contributed by atoms with Crippen molar-refractivity contribution in [2.45, 2.75) is 13.8 Å². The van der Waals surface area contributed by atoms with Crippen molar-refractivity contribution in [3.8, 4) is 0 Å². The summed E-state index contributed by atoms with van der Waals surface area (Å²) in [5.74, 6) is -0.0902. The molecular weight excluding hydrogens is 312 g/mol. The topological polar surface area (TPSA) is 33.2 Å². The Morgan fingerprint density at radius 3 is 2.73 bits per heavy atom. The molecule has 0 spiro atoms. The quantitative estimate of drug-likeness (QED) is 0.614. The van der Waals surface area contributed by atoms with Gasteiger partial charge in [0, 0.05) is 6.20 Å². The highest BCUT2D eigenvalue weighted by molar-refractivity contribution is 8.27. The van der Waals surface area contributed by atoms with Gasteiger partial charge in [-0.3, -0.25) is 14.7 Å². The van der Waals surface area contributed by atoms with Gasteiger partial charge in [-0.2, -0.15) is 0 Å². The first-order valence-electron chi connectivity index (χ1n) is 6.82. The number of anilines is 1. The summed E-state index contributed by atoms with van der Waals surface area (Å²) in [5, 5.41) is 0. The number of carbonyl (C=O) groups excluding carboxylic acids is 1. The molecule has 22 heavy (non-hydrogen) atoms. The third kappa shape index (κ3) is 2.82. The molecule has 1 aliphatic rings. The zero-order valence-electron chi connectivity index (χ0n) is 12.2. The minimum absolute atomic E-state index is 0.0902. The molecule has 0 unspecified atom stereocenters. The molecule has 0 N–H and O–H groups in total. The second-order valence-electron chi connectivity index (χ2n) is 5.06. The Labute approximate surface area is 139 Å². The molecule has 0 aliphatic carbocycles. The molecule has 1 fully saturated rings. The van der Waals surface area contributed by atoms with Crippen LogP contribution in [0.1, 0.15) is 16.8 Å². The summed E-state index contributed by atoms with van der Waals surface area (Å²) in [7, 11) is 0. The standard InChI is InChI=1S/C17H14N2OS2/c1-11-6-7-14(12(2)9-11)19-16(20)15(22-17(19)21)10-13-5-3-4-8-18-13/h3-10H,1-2H3/b15-10-. The van der Waals surface area contributed by atoms with Crippen molar-refractivity contribution in [3.63, 3.8) is 0 Å². The number of rotatable bonds is 2. The Bertz CT molecular complexity index is 785. The Morgan fingerprint density at radius 2 is 2.05 bits per heavy atom. The van der Waals surface area contributed by atoms with Crippen molar-refractivity contribution in [2.75, 3.05) is 4.90 Å². The van der Waals surface area contributed by atoms with E-state index in [0.717, 1.165) is 22.5 Å². The third-order valence-electron chi connectivity index (χ3n) is 3.35. The minimum Gasteiger partial charge on any atom is -0.268 e. The number of aryl methyl sites for hydroxylation is 2. The van der Waals surface area contributed by atoms with Crippen LogP contribution in [0.2, 0.25) is 0 Å². The second-order valence-corrected chi connectivity index (χ2v) is 6.74. The number of carbonyl (C=O) groups is 1. The van der Waals surface area contributed by atoms with Gasteiger partial charge in [0.05, 0.1) is 16.3 Å². The molecule has 1 saturated heterocycles. The van der Waals surface area contributed by atoms with Crippen molar-refractivity contribution in [1.29, 1.82) is 0 Å². The monoisotopic (exact) mass is 326 g/mol. The number of hydrogen-bond acceptors (Lipinski definition) is 4. The zero-order valence-corrected chi connectivity index (χ0v) is 13.9. The van der Waals surface area contributed by atoms with Crippen LogP contribution in [0.3, 0.4) is 0 Å². The van der Waals surface area contributed by atoms with Gasteiger partial charge in [-0.05, 0) is 43.7 Å². The van der Waals surface area contributed by atoms with E-state index in [1.165, 1.54) is 11.8 Å². The molecule has 0 atom stereocenters. The molecule has 0 radical (unpaired) electrons. The van der Waals surface area contributed by atoms with Crippen LogP contribution in [0.25, 0.3) is 6.08 Å². The number of amides is 1. The van der Waals surface area contributed by atoms with E-state index < -0.39 is 0 Å². The number of thioether (sulfide) groups is 1. The fourth-order valence-electron chi connectivity index (χ4n) is 2.33. The number of aromatic nitrogens is 1. The Morgan fingerprint density at radius 1 is 1.23 bits per heavy atom. The van der Waals surface area contributed by atoms with E-state index in [-0.39, 0.29) is 5.91 Å². The average molecular weight is 326 g/mol. The van der Waals surface area contributed by atoms with Crippen LogP contribution in [0, 0.1) is 13.8 Å². The lowest BCUT2D eigenvalue weighted by molar-refractivity contribution is -0.113. The lowest BCUT2D eigenvalue weighted by Crippen LogP contribution is -2.28. The molecule has 2 heterocycles. The van der Waals surface area contributed by atoms with Crippen molar-refractivity contribution < 1.29 is 4.79 Å². The molecule has 5 heteroatoms. The molecule has 3 nitrogen and oxygen atoms in total. The highest BCUT2D eigenvalue weighted by Crippen LogP contribution is 2.37. The maximum absolute atomic E-state index is 12.7. The van der Waals surface area contributed by atoms with Gasteiger partial charge in [-0.15, -0.1) is 0 Å². The fourth-order valence-corrected chi connectivity index (χ4v) is 3.60. The van der Waals surface area contributed by atoms with E-state index in [4.69, 9.17) is 12.2 Å². The molecule has 2 aromatic rings. The van der Waals surface area contributed by atoms with Crippen LogP contribution in [0.4, 0.5) is 5.69 Å². The summed E-state index contributed by atoms with van der Waals surface area (Å²) in [5.41, 5.74) is 3.80. The van der Waals surface area contributed by atoms with Crippen molar-refractivity contribution >= 4 is 46.0 Å². The highest BCUT2D eigenvalue weighted by Gasteiger charge is 2.34. The first-order valence-corrected chi connectivity index (χ1v) is 8.05. The molecule has 110 valence electrons. The van der Waals surface area contributed by atoms with E-state index in [1.807, 2.05) is 44.2 Å². The van der Waals surface area contributed by atoms with Crippen LogP contribution in [0.5, 0.6) is 0 Å². The smallest absolute Gasteiger partial charge is 0.268 e. The first-order chi connectivity index (χ1) is 10.6. The summed E-state index contributed by atoms with van der Waals surface area (Å²) >= 11 is 6.71. The van der Waals surface area contributed by atoms with Gasteiger partial charge in [-0.1, -0.05) is 47.7 Å². The SMILES string of the molecule is Cc1ccc(N2C(=O)/C(=C/c3ccccn3)SC2=S)c(C)c1. The first kappa shape index (κ1) is 14.9. The van der Waals surface area contributed by atoms with Crippen LogP contribution in [-0.2, 0) is 4.79 Å². The molecule has 1 aliphatic heterocycles. The molecule has 0 saturated carbocycles. The van der Waals surface area contributed by atoms with Crippen LogP contribution in [0.15, 0.2) is 47.5 Å².